The van der Waals surface area contributed by atoms with Gasteiger partial charge in [0.2, 0.25) is 11.8 Å². The van der Waals surface area contributed by atoms with Gasteiger partial charge in [-0.2, -0.15) is 0 Å². The van der Waals surface area contributed by atoms with E-state index in [1.807, 2.05) is 29.6 Å². The normalized spacial score (nSPS) is 10.7. The van der Waals surface area contributed by atoms with E-state index in [-0.39, 0.29) is 23.3 Å². The minimum absolute atomic E-state index is 0.0978. The quantitative estimate of drug-likeness (QED) is 0.648. The summed E-state index contributed by atoms with van der Waals surface area (Å²) in [5.74, 6) is 0.645. The molecule has 0 bridgehead atoms. The Hall–Kier alpha value is -1.38. The molecule has 25 heavy (non-hydrogen) atoms. The fourth-order valence-corrected chi connectivity index (χ4v) is 3.79. The minimum Gasteiger partial charge on any atom is -0.350 e. The second-order valence-corrected chi connectivity index (χ2v) is 8.45. The summed E-state index contributed by atoms with van der Waals surface area (Å²) in [5.41, 5.74) is 1.60. The highest BCUT2D eigenvalue weighted by molar-refractivity contribution is 9.10. The van der Waals surface area contributed by atoms with Crippen molar-refractivity contribution >= 4 is 56.5 Å². The number of halogens is 1. The van der Waals surface area contributed by atoms with Crippen molar-refractivity contribution in [2.24, 2.45) is 0 Å². The molecule has 2 rings (SSSR count). The number of anilines is 1. The van der Waals surface area contributed by atoms with Gasteiger partial charge in [-0.15, -0.1) is 23.1 Å². The van der Waals surface area contributed by atoms with Crippen molar-refractivity contribution in [1.82, 2.24) is 10.3 Å². The fourth-order valence-electron chi connectivity index (χ4n) is 1.91. The molecule has 2 amide bonds. The van der Waals surface area contributed by atoms with Gasteiger partial charge >= 0.3 is 0 Å². The molecule has 1 aromatic heterocycles. The SMILES string of the molecule is CC(C)c1nc(CNC(=O)CSCC(=O)Nc2cccc(Br)c2)cs1. The molecule has 0 saturated carbocycles. The molecule has 0 aliphatic carbocycles. The summed E-state index contributed by atoms with van der Waals surface area (Å²) >= 11 is 6.25. The highest BCUT2D eigenvalue weighted by atomic mass is 79.9. The Morgan fingerprint density at radius 3 is 2.72 bits per heavy atom. The first-order chi connectivity index (χ1) is 11.9. The Bertz CT molecular complexity index is 734. The van der Waals surface area contributed by atoms with Crippen LogP contribution in [0, 0.1) is 0 Å². The van der Waals surface area contributed by atoms with Crippen LogP contribution in [0.4, 0.5) is 5.69 Å². The molecule has 8 heteroatoms. The van der Waals surface area contributed by atoms with Crippen molar-refractivity contribution in [3.05, 3.63) is 44.8 Å². The Morgan fingerprint density at radius 1 is 1.28 bits per heavy atom. The van der Waals surface area contributed by atoms with E-state index in [0.717, 1.165) is 20.9 Å². The van der Waals surface area contributed by atoms with Crippen molar-refractivity contribution in [2.75, 3.05) is 16.8 Å². The number of nitrogens with one attached hydrogen (secondary N) is 2. The number of rotatable bonds is 8. The first kappa shape index (κ1) is 19.9. The van der Waals surface area contributed by atoms with E-state index in [4.69, 9.17) is 0 Å². The van der Waals surface area contributed by atoms with E-state index in [0.29, 0.717) is 12.5 Å². The maximum absolute atomic E-state index is 11.9. The average molecular weight is 442 g/mol. The molecular formula is C17H20BrN3O2S2. The first-order valence-corrected chi connectivity index (χ1v) is 10.6. The van der Waals surface area contributed by atoms with Crippen LogP contribution < -0.4 is 10.6 Å². The zero-order chi connectivity index (χ0) is 18.2. The van der Waals surface area contributed by atoms with Gasteiger partial charge in [0.05, 0.1) is 28.8 Å². The van der Waals surface area contributed by atoms with Gasteiger partial charge in [0.15, 0.2) is 0 Å². The molecule has 0 radical (unpaired) electrons. The lowest BCUT2D eigenvalue weighted by atomic mass is 10.2. The molecule has 2 N–H and O–H groups in total. The molecule has 0 atom stereocenters. The summed E-state index contributed by atoms with van der Waals surface area (Å²) in [6.45, 7) is 4.61. The van der Waals surface area contributed by atoms with Gasteiger partial charge in [0, 0.05) is 21.5 Å². The number of nitrogens with zero attached hydrogens (tertiary/aromatic N) is 1. The fraction of sp³-hybridized carbons (Fsp3) is 0.353. The predicted octanol–water partition coefficient (Wildman–Crippen LogP) is 4.02. The van der Waals surface area contributed by atoms with Gasteiger partial charge in [0.1, 0.15) is 0 Å². The predicted molar refractivity (Wildman–Crippen MR) is 108 cm³/mol. The number of thiazole rings is 1. The Labute approximate surface area is 164 Å². The molecule has 0 saturated heterocycles. The highest BCUT2D eigenvalue weighted by Gasteiger charge is 2.09. The van der Waals surface area contributed by atoms with Crippen LogP contribution in [0.1, 0.15) is 30.5 Å². The standard InChI is InChI=1S/C17H20BrN3O2S2/c1-11(2)17-21-14(8-25-17)7-19-15(22)9-24-10-16(23)20-13-5-3-4-12(18)6-13/h3-6,8,11H,7,9-10H2,1-2H3,(H,19,22)(H,20,23). The van der Waals surface area contributed by atoms with Crippen LogP contribution in [0.2, 0.25) is 0 Å². The van der Waals surface area contributed by atoms with Gasteiger partial charge in [-0.1, -0.05) is 35.8 Å². The molecule has 0 aliphatic heterocycles. The summed E-state index contributed by atoms with van der Waals surface area (Å²) in [6, 6.07) is 7.39. The van der Waals surface area contributed by atoms with E-state index >= 15 is 0 Å². The summed E-state index contributed by atoms with van der Waals surface area (Å²) in [4.78, 5) is 28.2. The number of carbonyl (C=O) groups is 2. The number of amides is 2. The van der Waals surface area contributed by atoms with Crippen LogP contribution in [0.25, 0.3) is 0 Å². The second-order valence-electron chi connectivity index (χ2n) is 5.66. The highest BCUT2D eigenvalue weighted by Crippen LogP contribution is 2.19. The van der Waals surface area contributed by atoms with Gasteiger partial charge in [-0.25, -0.2) is 4.98 Å². The van der Waals surface area contributed by atoms with E-state index in [9.17, 15) is 9.59 Å². The van der Waals surface area contributed by atoms with Crippen LogP contribution >= 0.6 is 39.0 Å². The first-order valence-electron chi connectivity index (χ1n) is 7.78. The second kappa shape index (κ2) is 9.94. The van der Waals surface area contributed by atoms with Crippen LogP contribution in [-0.2, 0) is 16.1 Å². The monoisotopic (exact) mass is 441 g/mol. The van der Waals surface area contributed by atoms with Crippen LogP contribution in [0.5, 0.6) is 0 Å². The molecule has 1 aromatic carbocycles. The van der Waals surface area contributed by atoms with Crippen molar-refractivity contribution in [2.45, 2.75) is 26.3 Å². The van der Waals surface area contributed by atoms with Gasteiger partial charge in [-0.3, -0.25) is 9.59 Å². The molecule has 2 aromatic rings. The maximum Gasteiger partial charge on any atom is 0.234 e. The van der Waals surface area contributed by atoms with Crippen LogP contribution in [0.15, 0.2) is 34.1 Å². The molecule has 134 valence electrons. The molecule has 0 aliphatic rings. The van der Waals surface area contributed by atoms with Crippen molar-refractivity contribution in [3.8, 4) is 0 Å². The van der Waals surface area contributed by atoms with E-state index in [2.05, 4.69) is 45.4 Å². The van der Waals surface area contributed by atoms with Crippen molar-refractivity contribution in [1.29, 1.82) is 0 Å². The van der Waals surface area contributed by atoms with Gasteiger partial charge < -0.3 is 10.6 Å². The van der Waals surface area contributed by atoms with Crippen molar-refractivity contribution < 1.29 is 9.59 Å². The maximum atomic E-state index is 11.9. The zero-order valence-corrected chi connectivity index (χ0v) is 17.3. The largest absolute Gasteiger partial charge is 0.350 e. The third-order valence-electron chi connectivity index (χ3n) is 3.10. The van der Waals surface area contributed by atoms with Gasteiger partial charge in [0.25, 0.3) is 0 Å². The zero-order valence-electron chi connectivity index (χ0n) is 14.0. The average Bonchev–Trinajstić information content (AvgIpc) is 3.02. The minimum atomic E-state index is -0.128. The smallest absolute Gasteiger partial charge is 0.234 e. The molecule has 1 heterocycles. The lowest BCUT2D eigenvalue weighted by Crippen LogP contribution is -2.25. The van der Waals surface area contributed by atoms with Crippen LogP contribution in [0.3, 0.4) is 0 Å². The van der Waals surface area contributed by atoms with E-state index < -0.39 is 0 Å². The molecule has 0 spiro atoms. The Morgan fingerprint density at radius 2 is 2.04 bits per heavy atom. The molecular weight excluding hydrogens is 422 g/mol. The Balaban J connectivity index is 1.65. The molecule has 5 nitrogen and oxygen atoms in total. The van der Waals surface area contributed by atoms with Gasteiger partial charge in [-0.05, 0) is 18.2 Å². The number of carbonyl (C=O) groups excluding carboxylic acids is 2. The number of hydrogen-bond acceptors (Lipinski definition) is 5. The van der Waals surface area contributed by atoms with E-state index in [1.165, 1.54) is 11.8 Å². The third-order valence-corrected chi connectivity index (χ3v) is 5.72. The lowest BCUT2D eigenvalue weighted by Gasteiger charge is -2.06. The molecule has 0 unspecified atom stereocenters. The topological polar surface area (TPSA) is 71.1 Å². The number of aromatic nitrogens is 1. The summed E-state index contributed by atoms with van der Waals surface area (Å²) in [7, 11) is 0. The molecule has 0 fully saturated rings. The van der Waals surface area contributed by atoms with Crippen LogP contribution in [-0.4, -0.2) is 28.3 Å². The lowest BCUT2D eigenvalue weighted by molar-refractivity contribution is -0.118. The summed E-state index contributed by atoms with van der Waals surface area (Å²) in [5, 5.41) is 8.66. The Kier molecular flexibility index (Phi) is 7.92. The summed E-state index contributed by atoms with van der Waals surface area (Å²) < 4.78 is 0.903. The number of thioether (sulfide) groups is 1. The number of hydrogen-bond donors (Lipinski definition) is 2. The third kappa shape index (κ3) is 7.17. The summed E-state index contributed by atoms with van der Waals surface area (Å²) in [6.07, 6.45) is 0. The van der Waals surface area contributed by atoms with E-state index in [1.54, 1.807) is 11.3 Å². The number of benzene rings is 1. The van der Waals surface area contributed by atoms with Crippen molar-refractivity contribution in [3.63, 3.8) is 0 Å².